The Labute approximate surface area is 211 Å². The third kappa shape index (κ3) is 6.14. The molecule has 0 saturated carbocycles. The average molecular weight is 516 g/mol. The molecule has 0 unspecified atom stereocenters. The number of nitrogens with zero attached hydrogens (tertiary/aromatic N) is 3. The first kappa shape index (κ1) is 25.9. The van der Waals surface area contributed by atoms with Gasteiger partial charge in [-0.05, 0) is 50.3 Å². The quantitative estimate of drug-likeness (QED) is 0.206. The number of benzene rings is 2. The molecule has 2 heterocycles. The van der Waals surface area contributed by atoms with E-state index in [-0.39, 0.29) is 16.4 Å². The summed E-state index contributed by atoms with van der Waals surface area (Å²) in [5, 5.41) is 0.710. The van der Waals surface area contributed by atoms with Crippen molar-refractivity contribution in [3.05, 3.63) is 54.1 Å². The highest BCUT2D eigenvalue weighted by atomic mass is 32.2. The summed E-state index contributed by atoms with van der Waals surface area (Å²) >= 11 is 1.38. The summed E-state index contributed by atoms with van der Waals surface area (Å²) in [6.45, 7) is 7.13. The lowest BCUT2D eigenvalue weighted by Crippen LogP contribution is -2.39. The van der Waals surface area contributed by atoms with Gasteiger partial charge in [-0.3, -0.25) is 4.79 Å². The maximum atomic E-state index is 13.3. The predicted molar refractivity (Wildman–Crippen MR) is 139 cm³/mol. The number of fused-ring (bicyclic) bond motifs is 1. The first-order valence-electron chi connectivity index (χ1n) is 12.2. The van der Waals surface area contributed by atoms with Crippen LogP contribution < -0.4 is 0 Å². The van der Waals surface area contributed by atoms with Crippen LogP contribution in [0.25, 0.3) is 11.0 Å². The first-order valence-corrected chi connectivity index (χ1v) is 14.6. The van der Waals surface area contributed by atoms with Gasteiger partial charge in [0.2, 0.25) is 10.0 Å². The van der Waals surface area contributed by atoms with Gasteiger partial charge in [-0.1, -0.05) is 49.0 Å². The number of ether oxygens (including phenoxy) is 1. The molecule has 0 amide bonds. The van der Waals surface area contributed by atoms with E-state index in [4.69, 9.17) is 9.72 Å². The van der Waals surface area contributed by atoms with Crippen LogP contribution in [0.2, 0.25) is 0 Å². The Morgan fingerprint density at radius 1 is 1.20 bits per heavy atom. The normalized spacial score (nSPS) is 17.1. The van der Waals surface area contributed by atoms with Crippen molar-refractivity contribution in [1.82, 2.24) is 13.9 Å². The molecule has 7 nitrogen and oxygen atoms in total. The molecule has 0 spiro atoms. The molecular formula is C26H33N3O4S2. The zero-order valence-electron chi connectivity index (χ0n) is 20.4. The van der Waals surface area contributed by atoms with Crippen LogP contribution >= 0.6 is 11.8 Å². The van der Waals surface area contributed by atoms with Crippen molar-refractivity contribution in [3.8, 4) is 0 Å². The molecule has 1 aromatic heterocycles. The molecule has 0 aliphatic carbocycles. The number of hydrogen-bond acceptors (Lipinski definition) is 6. The summed E-state index contributed by atoms with van der Waals surface area (Å²) in [5.74, 6) is 0.651. The Morgan fingerprint density at radius 2 is 2.00 bits per heavy atom. The largest absolute Gasteiger partial charge is 0.382 e. The number of imidazole rings is 1. The average Bonchev–Trinajstić information content (AvgIpc) is 3.22. The van der Waals surface area contributed by atoms with Gasteiger partial charge in [-0.25, -0.2) is 13.4 Å². The highest BCUT2D eigenvalue weighted by molar-refractivity contribution is 7.99. The van der Waals surface area contributed by atoms with E-state index >= 15 is 0 Å². The minimum absolute atomic E-state index is 0.0333. The van der Waals surface area contributed by atoms with E-state index in [1.807, 2.05) is 43.3 Å². The monoisotopic (exact) mass is 515 g/mol. The van der Waals surface area contributed by atoms with Crippen LogP contribution in [0.3, 0.4) is 0 Å². The summed E-state index contributed by atoms with van der Waals surface area (Å²) in [6.07, 6.45) is 2.73. The smallest absolute Gasteiger partial charge is 0.243 e. The number of aryl methyl sites for hydroxylation is 1. The molecule has 188 valence electrons. The maximum absolute atomic E-state index is 13.3. The molecule has 0 bridgehead atoms. The minimum atomic E-state index is -3.57. The molecule has 35 heavy (non-hydrogen) atoms. The number of Topliss-reactive ketones (excluding diaryl/α,β-unsaturated/α-hetero) is 1. The van der Waals surface area contributed by atoms with E-state index in [9.17, 15) is 13.2 Å². The van der Waals surface area contributed by atoms with Crippen molar-refractivity contribution >= 4 is 38.6 Å². The fourth-order valence-electron chi connectivity index (χ4n) is 4.39. The molecule has 3 aromatic rings. The number of sulfonamides is 1. The molecule has 0 N–H and O–H groups in total. The zero-order chi connectivity index (χ0) is 24.8. The van der Waals surface area contributed by atoms with Gasteiger partial charge in [0.1, 0.15) is 0 Å². The van der Waals surface area contributed by atoms with Crippen LogP contribution in [0.4, 0.5) is 0 Å². The highest BCUT2D eigenvalue weighted by Crippen LogP contribution is 2.29. The fraction of sp³-hybridized carbons (Fsp3) is 0.462. The number of rotatable bonds is 11. The maximum Gasteiger partial charge on any atom is 0.243 e. The summed E-state index contributed by atoms with van der Waals surface area (Å²) in [7, 11) is -3.57. The van der Waals surface area contributed by atoms with E-state index in [1.165, 1.54) is 11.8 Å². The second kappa shape index (κ2) is 11.7. The van der Waals surface area contributed by atoms with Gasteiger partial charge in [0.15, 0.2) is 10.9 Å². The van der Waals surface area contributed by atoms with Gasteiger partial charge in [-0.15, -0.1) is 0 Å². The van der Waals surface area contributed by atoms with E-state index < -0.39 is 10.0 Å². The Kier molecular flexibility index (Phi) is 8.64. The molecule has 1 atom stereocenters. The van der Waals surface area contributed by atoms with Crippen LogP contribution in [-0.4, -0.2) is 60.1 Å². The molecule has 1 aliphatic rings. The topological polar surface area (TPSA) is 81.5 Å². The lowest BCUT2D eigenvalue weighted by Gasteiger charge is -2.30. The standard InChI is InChI=1S/C26H33N3O4S2/c1-3-33-16-8-15-29-24-13-12-22(35(31,32)28-14-7-9-20(2)18-28)17-23(24)27-26(29)34-19-25(30)21-10-5-4-6-11-21/h4-6,10-13,17,20H,3,7-9,14-16,18-19H2,1-2H3/t20-/m0/s1. The number of aromatic nitrogens is 2. The van der Waals surface area contributed by atoms with E-state index in [2.05, 4.69) is 11.5 Å². The first-order chi connectivity index (χ1) is 16.9. The van der Waals surface area contributed by atoms with E-state index in [0.29, 0.717) is 55.0 Å². The third-order valence-electron chi connectivity index (χ3n) is 6.24. The van der Waals surface area contributed by atoms with Gasteiger partial charge < -0.3 is 9.30 Å². The lowest BCUT2D eigenvalue weighted by atomic mass is 10.0. The van der Waals surface area contributed by atoms with Crippen molar-refractivity contribution in [3.63, 3.8) is 0 Å². The van der Waals surface area contributed by atoms with Crippen LogP contribution in [0.1, 0.15) is 43.5 Å². The Morgan fingerprint density at radius 3 is 2.74 bits per heavy atom. The van der Waals surface area contributed by atoms with Crippen molar-refractivity contribution in [2.75, 3.05) is 32.1 Å². The van der Waals surface area contributed by atoms with Gasteiger partial charge in [-0.2, -0.15) is 4.31 Å². The molecule has 2 aromatic carbocycles. The van der Waals surface area contributed by atoms with Gasteiger partial charge in [0, 0.05) is 38.4 Å². The number of carbonyl (C=O) groups is 1. The SMILES string of the molecule is CCOCCCn1c(SCC(=O)c2ccccc2)nc2cc(S(=O)(=O)N3CCC[C@H](C)C3)ccc21. The molecule has 1 saturated heterocycles. The summed E-state index contributed by atoms with van der Waals surface area (Å²) < 4.78 is 35.8. The van der Waals surface area contributed by atoms with Crippen molar-refractivity contribution in [1.29, 1.82) is 0 Å². The van der Waals surface area contributed by atoms with Crippen molar-refractivity contribution < 1.29 is 17.9 Å². The molecule has 9 heteroatoms. The predicted octanol–water partition coefficient (Wildman–Crippen LogP) is 4.86. The van der Waals surface area contributed by atoms with Gasteiger partial charge in [0.05, 0.1) is 21.7 Å². The molecule has 4 rings (SSSR count). The van der Waals surface area contributed by atoms with E-state index in [1.54, 1.807) is 16.4 Å². The van der Waals surface area contributed by atoms with Gasteiger partial charge >= 0.3 is 0 Å². The lowest BCUT2D eigenvalue weighted by molar-refractivity contribution is 0.102. The third-order valence-corrected chi connectivity index (χ3v) is 9.08. The minimum Gasteiger partial charge on any atom is -0.382 e. The highest BCUT2D eigenvalue weighted by Gasteiger charge is 2.29. The summed E-state index contributed by atoms with van der Waals surface area (Å²) in [5.41, 5.74) is 2.16. The zero-order valence-corrected chi connectivity index (χ0v) is 22.0. The van der Waals surface area contributed by atoms with Crippen molar-refractivity contribution in [2.45, 2.75) is 49.7 Å². The molecule has 1 aliphatic heterocycles. The summed E-state index contributed by atoms with van der Waals surface area (Å²) in [4.78, 5) is 17.7. The number of carbonyl (C=O) groups excluding carboxylic acids is 1. The number of thioether (sulfide) groups is 1. The number of ketones is 1. The second-order valence-electron chi connectivity index (χ2n) is 8.94. The fourth-order valence-corrected chi connectivity index (χ4v) is 6.95. The molecule has 0 radical (unpaired) electrons. The van der Waals surface area contributed by atoms with E-state index in [0.717, 1.165) is 24.8 Å². The van der Waals surface area contributed by atoms with Crippen LogP contribution in [0.5, 0.6) is 0 Å². The molecule has 1 fully saturated rings. The Bertz CT molecular complexity index is 1260. The Hall–Kier alpha value is -2.20. The number of piperidine rings is 1. The van der Waals surface area contributed by atoms with Crippen molar-refractivity contribution in [2.24, 2.45) is 5.92 Å². The van der Waals surface area contributed by atoms with Crippen LogP contribution in [0.15, 0.2) is 58.6 Å². The van der Waals surface area contributed by atoms with Crippen LogP contribution in [-0.2, 0) is 21.3 Å². The van der Waals surface area contributed by atoms with Gasteiger partial charge in [0.25, 0.3) is 0 Å². The Balaban J connectivity index is 1.61. The number of hydrogen-bond donors (Lipinski definition) is 0. The van der Waals surface area contributed by atoms with Crippen LogP contribution in [0, 0.1) is 5.92 Å². The molecular weight excluding hydrogens is 482 g/mol. The summed E-state index contributed by atoms with van der Waals surface area (Å²) in [6, 6.07) is 14.4. The second-order valence-corrected chi connectivity index (χ2v) is 11.8.